The molecule has 0 saturated carbocycles. The summed E-state index contributed by atoms with van der Waals surface area (Å²) in [5.74, 6) is 0.815. The van der Waals surface area contributed by atoms with Crippen LogP contribution in [-0.4, -0.2) is 7.11 Å². The normalized spacial score (nSPS) is 11.2. The summed E-state index contributed by atoms with van der Waals surface area (Å²) in [7, 11) is 1.59. The van der Waals surface area contributed by atoms with E-state index in [-0.39, 0.29) is 5.92 Å². The Kier molecular flexibility index (Phi) is 3.71. The Hall–Kier alpha value is -2.00. The summed E-state index contributed by atoms with van der Waals surface area (Å²) in [6.45, 7) is 1.95. The fraction of sp³-hybridized carbons (Fsp3) is 0.333. The molecule has 0 amide bonds. The van der Waals surface area contributed by atoms with Crippen LogP contribution in [0.3, 0.4) is 0 Å². The Bertz CT molecular complexity index is 426. The molecule has 0 aliphatic rings. The lowest BCUT2D eigenvalue weighted by molar-refractivity contribution is 0.406. The highest BCUT2D eigenvalue weighted by Crippen LogP contribution is 2.29. The third kappa shape index (κ3) is 2.48. The monoisotopic (exact) mass is 200 g/mol. The molecule has 1 atom stereocenters. The van der Waals surface area contributed by atoms with E-state index in [9.17, 15) is 0 Å². The minimum absolute atomic E-state index is 0.0817. The summed E-state index contributed by atoms with van der Waals surface area (Å²) in [4.78, 5) is 0. The van der Waals surface area contributed by atoms with E-state index in [4.69, 9.17) is 15.3 Å². The lowest BCUT2D eigenvalue weighted by Crippen LogP contribution is -1.97. The zero-order chi connectivity index (χ0) is 11.3. The third-order valence-electron chi connectivity index (χ3n) is 2.29. The van der Waals surface area contributed by atoms with Crippen molar-refractivity contribution in [3.05, 3.63) is 29.3 Å². The number of hydrogen-bond acceptors (Lipinski definition) is 3. The fourth-order valence-corrected chi connectivity index (χ4v) is 1.44. The molecule has 1 aromatic rings. The number of benzene rings is 1. The highest BCUT2D eigenvalue weighted by molar-refractivity contribution is 5.43. The zero-order valence-corrected chi connectivity index (χ0v) is 8.82. The van der Waals surface area contributed by atoms with Gasteiger partial charge in [-0.05, 0) is 29.7 Å². The molecule has 0 spiro atoms. The molecule has 1 unspecified atom stereocenters. The van der Waals surface area contributed by atoms with E-state index in [1.807, 2.05) is 6.92 Å². The molecule has 0 bridgehead atoms. The van der Waals surface area contributed by atoms with Gasteiger partial charge in [0.25, 0.3) is 0 Å². The van der Waals surface area contributed by atoms with Crippen molar-refractivity contribution < 1.29 is 4.74 Å². The summed E-state index contributed by atoms with van der Waals surface area (Å²) in [5.41, 5.74) is 1.51. The molecule has 0 saturated heterocycles. The van der Waals surface area contributed by atoms with Crippen molar-refractivity contribution in [3.8, 4) is 17.9 Å². The maximum absolute atomic E-state index is 8.78. The Morgan fingerprint density at radius 1 is 1.40 bits per heavy atom. The zero-order valence-electron chi connectivity index (χ0n) is 8.82. The van der Waals surface area contributed by atoms with Crippen LogP contribution in [0.2, 0.25) is 0 Å². The van der Waals surface area contributed by atoms with E-state index >= 15 is 0 Å². The third-order valence-corrected chi connectivity index (χ3v) is 2.29. The van der Waals surface area contributed by atoms with Gasteiger partial charge in [0.15, 0.2) is 0 Å². The number of nitrogens with zero attached hydrogens (tertiary/aromatic N) is 2. The van der Waals surface area contributed by atoms with Gasteiger partial charge in [-0.3, -0.25) is 0 Å². The van der Waals surface area contributed by atoms with Crippen LogP contribution in [0.5, 0.6) is 5.75 Å². The predicted octanol–water partition coefficient (Wildman–Crippen LogP) is 2.58. The highest BCUT2D eigenvalue weighted by Gasteiger charge is 2.11. The van der Waals surface area contributed by atoms with E-state index in [1.54, 1.807) is 25.3 Å². The van der Waals surface area contributed by atoms with Gasteiger partial charge in [0, 0.05) is 6.42 Å². The second-order valence-electron chi connectivity index (χ2n) is 3.33. The minimum Gasteiger partial charge on any atom is -0.496 e. The van der Waals surface area contributed by atoms with Gasteiger partial charge in [-0.25, -0.2) is 0 Å². The maximum Gasteiger partial charge on any atom is 0.122 e. The van der Waals surface area contributed by atoms with E-state index < -0.39 is 0 Å². The summed E-state index contributed by atoms with van der Waals surface area (Å²) < 4.78 is 5.19. The molecule has 3 nitrogen and oxygen atoms in total. The molecular weight excluding hydrogens is 188 g/mol. The largest absolute Gasteiger partial charge is 0.496 e. The lowest BCUT2D eigenvalue weighted by Gasteiger charge is -2.12. The van der Waals surface area contributed by atoms with Crippen LogP contribution in [0.1, 0.15) is 30.4 Å². The molecule has 1 rings (SSSR count). The van der Waals surface area contributed by atoms with Crippen molar-refractivity contribution in [2.75, 3.05) is 7.11 Å². The molecule has 15 heavy (non-hydrogen) atoms. The summed E-state index contributed by atoms with van der Waals surface area (Å²) in [6.07, 6.45) is 0.422. The SMILES string of the molecule is COc1ccc(C#N)cc1C(C)CC#N. The van der Waals surface area contributed by atoms with Crippen molar-refractivity contribution in [1.29, 1.82) is 10.5 Å². The molecule has 0 aromatic heterocycles. The molecule has 3 heteroatoms. The first-order chi connectivity index (χ1) is 7.22. The van der Waals surface area contributed by atoms with Crippen LogP contribution >= 0.6 is 0 Å². The molecule has 0 aliphatic heterocycles. The van der Waals surface area contributed by atoms with Crippen LogP contribution in [0.15, 0.2) is 18.2 Å². The van der Waals surface area contributed by atoms with Crippen LogP contribution in [0.4, 0.5) is 0 Å². The maximum atomic E-state index is 8.78. The Labute approximate surface area is 89.5 Å². The molecule has 1 aromatic carbocycles. The first kappa shape index (κ1) is 11.1. The van der Waals surface area contributed by atoms with E-state index in [0.717, 1.165) is 11.3 Å². The van der Waals surface area contributed by atoms with Gasteiger partial charge >= 0.3 is 0 Å². The van der Waals surface area contributed by atoms with Crippen LogP contribution in [0, 0.1) is 22.7 Å². The number of nitriles is 2. The van der Waals surface area contributed by atoms with Crippen LogP contribution < -0.4 is 4.74 Å². The van der Waals surface area contributed by atoms with Crippen molar-refractivity contribution in [3.63, 3.8) is 0 Å². The van der Waals surface area contributed by atoms with Gasteiger partial charge in [-0.15, -0.1) is 0 Å². The number of methoxy groups -OCH3 is 1. The number of hydrogen-bond donors (Lipinski definition) is 0. The smallest absolute Gasteiger partial charge is 0.122 e. The summed E-state index contributed by atoms with van der Waals surface area (Å²) in [5, 5.41) is 17.4. The Morgan fingerprint density at radius 3 is 2.67 bits per heavy atom. The van der Waals surface area contributed by atoms with Crippen LogP contribution in [-0.2, 0) is 0 Å². The average Bonchev–Trinajstić information content (AvgIpc) is 2.28. The molecule has 0 aliphatic carbocycles. The fourth-order valence-electron chi connectivity index (χ4n) is 1.44. The lowest BCUT2D eigenvalue weighted by atomic mass is 9.96. The number of ether oxygens (including phenoxy) is 1. The molecule has 0 radical (unpaired) electrons. The van der Waals surface area contributed by atoms with Crippen molar-refractivity contribution in [2.24, 2.45) is 0 Å². The second kappa shape index (κ2) is 5.02. The van der Waals surface area contributed by atoms with Crippen LogP contribution in [0.25, 0.3) is 0 Å². The van der Waals surface area contributed by atoms with Gasteiger partial charge in [0.1, 0.15) is 5.75 Å². The summed E-state index contributed by atoms with van der Waals surface area (Å²) in [6, 6.07) is 9.45. The molecule has 0 heterocycles. The van der Waals surface area contributed by atoms with Gasteiger partial charge < -0.3 is 4.74 Å². The Morgan fingerprint density at radius 2 is 2.13 bits per heavy atom. The molecule has 0 fully saturated rings. The van der Waals surface area contributed by atoms with E-state index in [1.165, 1.54) is 0 Å². The highest BCUT2D eigenvalue weighted by atomic mass is 16.5. The van der Waals surface area contributed by atoms with Gasteiger partial charge in [-0.2, -0.15) is 10.5 Å². The second-order valence-corrected chi connectivity index (χ2v) is 3.33. The van der Waals surface area contributed by atoms with Crippen molar-refractivity contribution in [1.82, 2.24) is 0 Å². The first-order valence-electron chi connectivity index (χ1n) is 4.68. The molecule has 0 N–H and O–H groups in total. The average molecular weight is 200 g/mol. The molecule has 76 valence electrons. The summed E-state index contributed by atoms with van der Waals surface area (Å²) >= 11 is 0. The van der Waals surface area contributed by atoms with Crippen molar-refractivity contribution >= 4 is 0 Å². The first-order valence-corrected chi connectivity index (χ1v) is 4.68. The van der Waals surface area contributed by atoms with Gasteiger partial charge in [0.2, 0.25) is 0 Å². The quantitative estimate of drug-likeness (QED) is 0.753. The Balaban J connectivity index is 3.13. The van der Waals surface area contributed by atoms with E-state index in [0.29, 0.717) is 12.0 Å². The van der Waals surface area contributed by atoms with E-state index in [2.05, 4.69) is 12.1 Å². The molecular formula is C12H12N2O. The predicted molar refractivity (Wildman–Crippen MR) is 56.4 cm³/mol. The van der Waals surface area contributed by atoms with Gasteiger partial charge in [-0.1, -0.05) is 6.92 Å². The topological polar surface area (TPSA) is 56.8 Å². The standard InChI is InChI=1S/C12H12N2O/c1-9(5-6-13)11-7-10(8-14)3-4-12(11)15-2/h3-4,7,9H,5H2,1-2H3. The van der Waals surface area contributed by atoms with Gasteiger partial charge in [0.05, 0.1) is 24.8 Å². The minimum atomic E-state index is 0.0817. The number of rotatable bonds is 3. The van der Waals surface area contributed by atoms with Crippen molar-refractivity contribution in [2.45, 2.75) is 19.3 Å².